The molecule has 2 fully saturated rings. The third-order valence-corrected chi connectivity index (χ3v) is 7.33. The summed E-state index contributed by atoms with van der Waals surface area (Å²) in [6, 6.07) is 8.36. The summed E-state index contributed by atoms with van der Waals surface area (Å²) in [5, 5.41) is 0.229. The number of nitrogens with zero attached hydrogens (tertiary/aromatic N) is 1. The predicted octanol–water partition coefficient (Wildman–Crippen LogP) is 8.59. The van der Waals surface area contributed by atoms with E-state index in [0.29, 0.717) is 5.56 Å². The molecule has 13 heteroatoms. The number of carbonyl (C=O) groups excluding carboxylic acids is 1. The fraction of sp³-hybridized carbons (Fsp3) is 0.333. The van der Waals surface area contributed by atoms with Gasteiger partial charge in [0.15, 0.2) is 11.5 Å². The Morgan fingerprint density at radius 2 is 1.79 bits per heavy atom. The number of ether oxygens (including phenoxy) is 5. The Balaban J connectivity index is 1.57. The SMILES string of the molecule is COC(F)(F)Oc1c(C(=O)OC(=Cc2c(Cl)cncc2Cl)c2ccc(OC(F)F)c(OCC3CC3)c2)cccc1C1CC1. The maximum atomic E-state index is 14.2. The van der Waals surface area contributed by atoms with Gasteiger partial charge >= 0.3 is 18.9 Å². The standard InChI is InChI=1S/C30H25Cl2F4NO6/c1-39-30(35,36)43-27-19(17-7-8-17)3-2-4-20(27)28(38)41-25(12-21-22(31)13-37-14-23(21)32)18-9-10-24(42-29(33)34)26(11-18)40-15-16-5-6-16/h2-4,9-14,16-17,29H,5-8,15H2,1H3. The molecule has 43 heavy (non-hydrogen) atoms. The number of rotatable bonds is 13. The van der Waals surface area contributed by atoms with Crippen molar-refractivity contribution in [2.45, 2.75) is 44.5 Å². The van der Waals surface area contributed by atoms with E-state index in [1.165, 1.54) is 48.8 Å². The molecule has 0 N–H and O–H groups in total. The molecule has 0 unspecified atom stereocenters. The Morgan fingerprint density at radius 3 is 2.42 bits per heavy atom. The molecule has 0 radical (unpaired) electrons. The van der Waals surface area contributed by atoms with Crippen molar-refractivity contribution in [3.05, 3.63) is 81.1 Å². The maximum absolute atomic E-state index is 14.2. The smallest absolute Gasteiger partial charge is 0.489 e. The first-order chi connectivity index (χ1) is 20.5. The minimum absolute atomic E-state index is 0.0157. The molecule has 0 spiro atoms. The summed E-state index contributed by atoms with van der Waals surface area (Å²) in [6.07, 6.45) is 3.30. The summed E-state index contributed by atoms with van der Waals surface area (Å²) in [5.41, 5.74) is 0.527. The quantitative estimate of drug-likeness (QED) is 0.0800. The highest BCUT2D eigenvalue weighted by Gasteiger charge is 2.38. The summed E-state index contributed by atoms with van der Waals surface area (Å²) < 4.78 is 79.9. The van der Waals surface area contributed by atoms with Crippen molar-refractivity contribution in [2.75, 3.05) is 13.7 Å². The molecule has 2 saturated carbocycles. The van der Waals surface area contributed by atoms with Crippen LogP contribution >= 0.6 is 23.2 Å². The molecule has 0 saturated heterocycles. The molecule has 0 atom stereocenters. The van der Waals surface area contributed by atoms with E-state index in [9.17, 15) is 22.4 Å². The molecule has 2 aromatic carbocycles. The number of hydrogen-bond acceptors (Lipinski definition) is 7. The van der Waals surface area contributed by atoms with Gasteiger partial charge in [-0.05, 0) is 73.4 Å². The van der Waals surface area contributed by atoms with Crippen molar-refractivity contribution in [3.8, 4) is 17.2 Å². The third kappa shape index (κ3) is 7.90. The summed E-state index contributed by atoms with van der Waals surface area (Å²) in [5.74, 6) is -1.61. The molecular formula is C30H25Cl2F4NO6. The fourth-order valence-corrected chi connectivity index (χ4v) is 4.66. The van der Waals surface area contributed by atoms with Gasteiger partial charge in [-0.1, -0.05) is 35.3 Å². The lowest BCUT2D eigenvalue weighted by Crippen LogP contribution is -2.28. The van der Waals surface area contributed by atoms with Crippen LogP contribution in [0.5, 0.6) is 17.2 Å². The van der Waals surface area contributed by atoms with Gasteiger partial charge in [-0.2, -0.15) is 8.78 Å². The Labute approximate surface area is 254 Å². The molecule has 2 aliphatic carbocycles. The molecule has 0 aliphatic heterocycles. The highest BCUT2D eigenvalue weighted by Crippen LogP contribution is 2.47. The number of esters is 1. The van der Waals surface area contributed by atoms with Crippen molar-refractivity contribution in [1.29, 1.82) is 0 Å². The Bertz CT molecular complexity index is 1510. The summed E-state index contributed by atoms with van der Waals surface area (Å²) in [6.45, 7) is -2.84. The number of para-hydroxylation sites is 1. The van der Waals surface area contributed by atoms with Crippen LogP contribution in [0.2, 0.25) is 10.0 Å². The van der Waals surface area contributed by atoms with Gasteiger partial charge in [-0.3, -0.25) is 9.72 Å². The zero-order valence-electron chi connectivity index (χ0n) is 22.6. The Morgan fingerprint density at radius 1 is 1.07 bits per heavy atom. The van der Waals surface area contributed by atoms with Gasteiger partial charge in [0.05, 0.1) is 16.7 Å². The van der Waals surface area contributed by atoms with Crippen LogP contribution in [-0.2, 0) is 9.47 Å². The first kappa shape index (κ1) is 30.9. The van der Waals surface area contributed by atoms with E-state index in [1.807, 2.05) is 0 Å². The molecule has 1 aromatic heterocycles. The average Bonchev–Trinajstić information content (AvgIpc) is 3.88. The zero-order chi connectivity index (χ0) is 30.7. The molecular weight excluding hydrogens is 617 g/mol. The highest BCUT2D eigenvalue weighted by atomic mass is 35.5. The van der Waals surface area contributed by atoms with Crippen LogP contribution in [0, 0.1) is 5.92 Å². The number of pyridine rings is 1. The van der Waals surface area contributed by atoms with E-state index in [2.05, 4.69) is 14.5 Å². The predicted molar refractivity (Wildman–Crippen MR) is 150 cm³/mol. The third-order valence-electron chi connectivity index (χ3n) is 6.73. The molecule has 228 valence electrons. The first-order valence-corrected chi connectivity index (χ1v) is 14.0. The van der Waals surface area contributed by atoms with Crippen LogP contribution < -0.4 is 14.2 Å². The van der Waals surface area contributed by atoms with Crippen LogP contribution in [0.15, 0.2) is 48.8 Å². The molecule has 0 bridgehead atoms. The fourth-order valence-electron chi connectivity index (χ4n) is 4.18. The number of alkyl halides is 4. The summed E-state index contributed by atoms with van der Waals surface area (Å²) in [4.78, 5) is 17.5. The van der Waals surface area contributed by atoms with E-state index in [-0.39, 0.29) is 68.2 Å². The van der Waals surface area contributed by atoms with Gasteiger partial charge in [-0.15, -0.1) is 8.78 Å². The second-order valence-electron chi connectivity index (χ2n) is 9.98. The van der Waals surface area contributed by atoms with Crippen molar-refractivity contribution in [3.63, 3.8) is 0 Å². The Hall–Kier alpha value is -3.54. The molecule has 7 nitrogen and oxygen atoms in total. The second-order valence-corrected chi connectivity index (χ2v) is 10.8. The van der Waals surface area contributed by atoms with E-state index in [1.54, 1.807) is 6.07 Å². The number of methoxy groups -OCH3 is 1. The molecule has 2 aliphatic rings. The van der Waals surface area contributed by atoms with Crippen molar-refractivity contribution in [1.82, 2.24) is 4.98 Å². The molecule has 5 rings (SSSR count). The average molecular weight is 642 g/mol. The van der Waals surface area contributed by atoms with Crippen LogP contribution in [0.25, 0.3) is 11.8 Å². The number of hydrogen-bond donors (Lipinski definition) is 0. The van der Waals surface area contributed by atoms with E-state index >= 15 is 0 Å². The van der Waals surface area contributed by atoms with Crippen molar-refractivity contribution >= 4 is 41.0 Å². The zero-order valence-corrected chi connectivity index (χ0v) is 24.1. The van der Waals surface area contributed by atoms with Gasteiger partial charge in [0.25, 0.3) is 0 Å². The summed E-state index contributed by atoms with van der Waals surface area (Å²) in [7, 11) is 0.769. The van der Waals surface area contributed by atoms with Crippen molar-refractivity contribution in [2.24, 2.45) is 5.92 Å². The van der Waals surface area contributed by atoms with Gasteiger partial charge in [0.1, 0.15) is 17.1 Å². The first-order valence-electron chi connectivity index (χ1n) is 13.2. The Kier molecular flexibility index (Phi) is 9.33. The number of halogens is 6. The minimum atomic E-state index is -4.02. The second kappa shape index (κ2) is 13.0. The number of aromatic nitrogens is 1. The minimum Gasteiger partial charge on any atom is -0.489 e. The van der Waals surface area contributed by atoms with E-state index < -0.39 is 18.9 Å². The van der Waals surface area contributed by atoms with E-state index in [4.69, 9.17) is 37.4 Å². The highest BCUT2D eigenvalue weighted by molar-refractivity contribution is 6.37. The lowest BCUT2D eigenvalue weighted by atomic mass is 10.0. The lowest BCUT2D eigenvalue weighted by Gasteiger charge is -2.20. The van der Waals surface area contributed by atoms with Gasteiger partial charge in [-0.25, -0.2) is 4.79 Å². The van der Waals surface area contributed by atoms with Crippen LogP contribution in [0.4, 0.5) is 17.6 Å². The van der Waals surface area contributed by atoms with Crippen LogP contribution in [0.3, 0.4) is 0 Å². The molecule has 0 amide bonds. The largest absolute Gasteiger partial charge is 0.535 e. The normalized spacial score (nSPS) is 15.4. The molecule has 3 aromatic rings. The van der Waals surface area contributed by atoms with Gasteiger partial charge in [0, 0.05) is 30.6 Å². The monoisotopic (exact) mass is 641 g/mol. The molecule has 1 heterocycles. The topological polar surface area (TPSA) is 76.1 Å². The number of benzene rings is 2. The van der Waals surface area contributed by atoms with Crippen LogP contribution in [0.1, 0.15) is 58.6 Å². The van der Waals surface area contributed by atoms with Crippen LogP contribution in [-0.4, -0.2) is 37.6 Å². The maximum Gasteiger partial charge on any atom is 0.535 e. The number of carbonyl (C=O) groups is 1. The van der Waals surface area contributed by atoms with E-state index in [0.717, 1.165) is 32.8 Å². The summed E-state index contributed by atoms with van der Waals surface area (Å²) >= 11 is 12.6. The van der Waals surface area contributed by atoms with Crippen molar-refractivity contribution < 1.29 is 46.0 Å². The van der Waals surface area contributed by atoms with Gasteiger partial charge in [0.2, 0.25) is 0 Å². The van der Waals surface area contributed by atoms with Gasteiger partial charge < -0.3 is 18.9 Å². The lowest BCUT2D eigenvalue weighted by molar-refractivity contribution is -0.342.